The monoisotopic (exact) mass is 237 g/mol. The molecule has 0 aromatic heterocycles. The molecule has 0 atom stereocenters. The highest BCUT2D eigenvalue weighted by atomic mass is 15.1. The maximum absolute atomic E-state index is 2.76. The Balaban J connectivity index is 1.78. The lowest BCUT2D eigenvalue weighted by atomic mass is 9.78. The lowest BCUT2D eigenvalue weighted by Crippen LogP contribution is -2.41. The van der Waals surface area contributed by atoms with Crippen molar-refractivity contribution in [2.45, 2.75) is 66.2 Å². The van der Waals surface area contributed by atoms with E-state index in [9.17, 15) is 0 Å². The summed E-state index contributed by atoms with van der Waals surface area (Å²) < 4.78 is 0. The van der Waals surface area contributed by atoms with Crippen LogP contribution in [0.5, 0.6) is 0 Å². The van der Waals surface area contributed by atoms with Crippen molar-refractivity contribution in [2.75, 3.05) is 19.6 Å². The van der Waals surface area contributed by atoms with Crippen LogP contribution in [0.1, 0.15) is 66.2 Å². The first kappa shape index (κ1) is 13.4. The Morgan fingerprint density at radius 1 is 1.06 bits per heavy atom. The molecule has 2 fully saturated rings. The van der Waals surface area contributed by atoms with Crippen molar-refractivity contribution in [3.63, 3.8) is 0 Å². The quantitative estimate of drug-likeness (QED) is 0.688. The van der Waals surface area contributed by atoms with Crippen molar-refractivity contribution in [3.05, 3.63) is 0 Å². The minimum Gasteiger partial charge on any atom is -0.303 e. The summed E-state index contributed by atoms with van der Waals surface area (Å²) in [7, 11) is 0. The Kier molecular flexibility index (Phi) is 3.87. The molecule has 2 aliphatic rings. The molecule has 2 rings (SSSR count). The molecule has 100 valence electrons. The summed E-state index contributed by atoms with van der Waals surface area (Å²) in [5.74, 6) is 0.878. The van der Waals surface area contributed by atoms with Gasteiger partial charge in [-0.2, -0.15) is 0 Å². The highest BCUT2D eigenvalue weighted by Crippen LogP contribution is 2.51. The Bertz CT molecular complexity index is 244. The highest BCUT2D eigenvalue weighted by molar-refractivity contribution is 4.97. The third-order valence-corrected chi connectivity index (χ3v) is 5.27. The Labute approximate surface area is 108 Å². The van der Waals surface area contributed by atoms with Crippen molar-refractivity contribution in [3.8, 4) is 0 Å². The second-order valence-electron chi connectivity index (χ2n) is 7.54. The Morgan fingerprint density at radius 3 is 2.06 bits per heavy atom. The summed E-state index contributed by atoms with van der Waals surface area (Å²) in [6.07, 6.45) is 8.63. The molecule has 1 aliphatic carbocycles. The maximum atomic E-state index is 2.76. The van der Waals surface area contributed by atoms with Crippen molar-refractivity contribution < 1.29 is 0 Å². The van der Waals surface area contributed by atoms with Gasteiger partial charge in [0.25, 0.3) is 0 Å². The zero-order valence-electron chi connectivity index (χ0n) is 12.4. The average molecular weight is 237 g/mol. The SMILES string of the molecule is CCC1(C)CCN(CC2(CC(C)C)CC2)CC1. The predicted octanol–water partition coefficient (Wildman–Crippen LogP) is 4.32. The highest BCUT2D eigenvalue weighted by Gasteiger charge is 2.44. The molecule has 1 heteroatoms. The molecule has 1 saturated heterocycles. The van der Waals surface area contributed by atoms with E-state index < -0.39 is 0 Å². The lowest BCUT2D eigenvalue weighted by molar-refractivity contribution is 0.0927. The average Bonchev–Trinajstić information content (AvgIpc) is 3.01. The van der Waals surface area contributed by atoms with Gasteiger partial charge in [-0.15, -0.1) is 0 Å². The van der Waals surface area contributed by atoms with Gasteiger partial charge in [-0.25, -0.2) is 0 Å². The molecule has 0 aromatic carbocycles. The molecule has 0 unspecified atom stereocenters. The van der Waals surface area contributed by atoms with Gasteiger partial charge in [0.1, 0.15) is 0 Å². The number of hydrogen-bond acceptors (Lipinski definition) is 1. The molecular formula is C16H31N. The summed E-state index contributed by atoms with van der Waals surface area (Å²) in [4.78, 5) is 2.76. The molecule has 0 bridgehead atoms. The van der Waals surface area contributed by atoms with E-state index in [0.29, 0.717) is 5.41 Å². The van der Waals surface area contributed by atoms with Crippen molar-refractivity contribution in [2.24, 2.45) is 16.7 Å². The maximum Gasteiger partial charge on any atom is 0.00381 e. The molecule has 17 heavy (non-hydrogen) atoms. The van der Waals surface area contributed by atoms with Crippen LogP contribution >= 0.6 is 0 Å². The van der Waals surface area contributed by atoms with E-state index in [2.05, 4.69) is 32.6 Å². The van der Waals surface area contributed by atoms with Crippen LogP contribution in [0.15, 0.2) is 0 Å². The van der Waals surface area contributed by atoms with E-state index >= 15 is 0 Å². The van der Waals surface area contributed by atoms with Gasteiger partial charge in [-0.05, 0) is 61.9 Å². The van der Waals surface area contributed by atoms with Gasteiger partial charge in [0.2, 0.25) is 0 Å². The summed E-state index contributed by atoms with van der Waals surface area (Å²) in [6.45, 7) is 13.7. The molecule has 0 spiro atoms. The zero-order valence-corrected chi connectivity index (χ0v) is 12.4. The number of hydrogen-bond donors (Lipinski definition) is 0. The fourth-order valence-electron chi connectivity index (χ4n) is 3.55. The summed E-state index contributed by atoms with van der Waals surface area (Å²) in [5.41, 5.74) is 1.37. The first-order valence-corrected chi connectivity index (χ1v) is 7.69. The van der Waals surface area contributed by atoms with Gasteiger partial charge in [-0.3, -0.25) is 0 Å². The van der Waals surface area contributed by atoms with E-state index in [4.69, 9.17) is 0 Å². The van der Waals surface area contributed by atoms with Crippen LogP contribution in [0.2, 0.25) is 0 Å². The Hall–Kier alpha value is -0.0400. The van der Waals surface area contributed by atoms with Crippen LogP contribution in [-0.4, -0.2) is 24.5 Å². The minimum absolute atomic E-state index is 0.644. The number of piperidine rings is 1. The first-order valence-electron chi connectivity index (χ1n) is 7.69. The van der Waals surface area contributed by atoms with Gasteiger partial charge >= 0.3 is 0 Å². The van der Waals surface area contributed by atoms with Crippen molar-refractivity contribution >= 4 is 0 Å². The van der Waals surface area contributed by atoms with Crippen LogP contribution in [0, 0.1) is 16.7 Å². The van der Waals surface area contributed by atoms with Gasteiger partial charge < -0.3 is 4.90 Å². The van der Waals surface area contributed by atoms with Crippen LogP contribution in [0.3, 0.4) is 0 Å². The third kappa shape index (κ3) is 3.47. The second-order valence-corrected chi connectivity index (χ2v) is 7.54. The Morgan fingerprint density at radius 2 is 1.65 bits per heavy atom. The summed E-state index contributed by atoms with van der Waals surface area (Å²) >= 11 is 0. The lowest BCUT2D eigenvalue weighted by Gasteiger charge is -2.40. The molecule has 1 heterocycles. The molecule has 1 saturated carbocycles. The van der Waals surface area contributed by atoms with Crippen LogP contribution in [-0.2, 0) is 0 Å². The molecule has 0 radical (unpaired) electrons. The summed E-state index contributed by atoms with van der Waals surface area (Å²) in [5, 5.41) is 0. The number of likely N-dealkylation sites (tertiary alicyclic amines) is 1. The normalized spacial score (nSPS) is 27.4. The second kappa shape index (κ2) is 4.91. The smallest absolute Gasteiger partial charge is 0.00381 e. The molecule has 0 aromatic rings. The fraction of sp³-hybridized carbons (Fsp3) is 1.00. The fourth-order valence-corrected chi connectivity index (χ4v) is 3.55. The van der Waals surface area contributed by atoms with E-state index in [-0.39, 0.29) is 0 Å². The van der Waals surface area contributed by atoms with E-state index in [1.54, 1.807) is 0 Å². The van der Waals surface area contributed by atoms with Gasteiger partial charge in [0.15, 0.2) is 0 Å². The van der Waals surface area contributed by atoms with Crippen LogP contribution < -0.4 is 0 Å². The number of rotatable bonds is 5. The summed E-state index contributed by atoms with van der Waals surface area (Å²) in [6, 6.07) is 0. The van der Waals surface area contributed by atoms with E-state index in [1.165, 1.54) is 58.2 Å². The molecule has 0 N–H and O–H groups in total. The molecule has 0 amide bonds. The van der Waals surface area contributed by atoms with Crippen molar-refractivity contribution in [1.82, 2.24) is 4.90 Å². The third-order valence-electron chi connectivity index (χ3n) is 5.27. The number of nitrogens with zero attached hydrogens (tertiary/aromatic N) is 1. The zero-order chi connectivity index (χ0) is 12.5. The van der Waals surface area contributed by atoms with Gasteiger partial charge in [0, 0.05) is 6.54 Å². The van der Waals surface area contributed by atoms with Crippen LogP contribution in [0.25, 0.3) is 0 Å². The molecule has 1 nitrogen and oxygen atoms in total. The van der Waals surface area contributed by atoms with Gasteiger partial charge in [0.05, 0.1) is 0 Å². The standard InChI is InChI=1S/C16H31N/c1-5-15(4)8-10-17(11-9-15)13-16(6-7-16)12-14(2)3/h14H,5-13H2,1-4H3. The van der Waals surface area contributed by atoms with Crippen LogP contribution in [0.4, 0.5) is 0 Å². The van der Waals surface area contributed by atoms with E-state index in [0.717, 1.165) is 11.3 Å². The predicted molar refractivity (Wildman–Crippen MR) is 75.2 cm³/mol. The first-order chi connectivity index (χ1) is 7.97. The topological polar surface area (TPSA) is 3.24 Å². The minimum atomic E-state index is 0.644. The largest absolute Gasteiger partial charge is 0.303 e. The van der Waals surface area contributed by atoms with Gasteiger partial charge in [-0.1, -0.05) is 34.1 Å². The van der Waals surface area contributed by atoms with Crippen molar-refractivity contribution in [1.29, 1.82) is 0 Å². The molecule has 1 aliphatic heterocycles. The van der Waals surface area contributed by atoms with E-state index in [1.807, 2.05) is 0 Å². The molecular weight excluding hydrogens is 206 g/mol.